The average Bonchev–Trinajstić information content (AvgIpc) is 2.47. The molecule has 0 spiro atoms. The third kappa shape index (κ3) is 10.8. The van der Waals surface area contributed by atoms with Crippen LogP contribution in [0.25, 0.3) is 6.08 Å². The van der Waals surface area contributed by atoms with Crippen molar-refractivity contribution in [2.45, 2.75) is 24.7 Å². The Morgan fingerprint density at radius 2 is 1.82 bits per heavy atom. The molecule has 22 heavy (non-hydrogen) atoms. The molecule has 0 bridgehead atoms. The van der Waals surface area contributed by atoms with Crippen LogP contribution < -0.4 is 0 Å². The van der Waals surface area contributed by atoms with Gasteiger partial charge in [0.05, 0.1) is 11.5 Å². The second kappa shape index (κ2) is 12.6. The van der Waals surface area contributed by atoms with Gasteiger partial charge in [-0.1, -0.05) is 44.7 Å². The van der Waals surface area contributed by atoms with Gasteiger partial charge in [-0.05, 0) is 24.1 Å². The second-order valence-electron chi connectivity index (χ2n) is 3.97. The zero-order chi connectivity index (χ0) is 16.3. The number of carbonyl (C=O) groups is 1. The van der Waals surface area contributed by atoms with Gasteiger partial charge in [0, 0.05) is 6.08 Å². The van der Waals surface area contributed by atoms with E-state index >= 15 is 0 Å². The molecule has 0 amide bonds. The summed E-state index contributed by atoms with van der Waals surface area (Å²) in [5, 5.41) is 0. The number of carbonyl (C=O) groups excluding carboxylic acids is 1. The molecular weight excluding hydrogens is 315 g/mol. The molecule has 0 aliphatic heterocycles. The Balaban J connectivity index is 0. The first kappa shape index (κ1) is 23.3. The maximum absolute atomic E-state index is 10.6. The zero-order valence-electron chi connectivity index (χ0n) is 12.0. The van der Waals surface area contributed by atoms with E-state index in [1.807, 2.05) is 6.92 Å². The summed E-state index contributed by atoms with van der Waals surface area (Å²) >= 11 is 0. The van der Waals surface area contributed by atoms with E-state index < -0.39 is 10.1 Å². The van der Waals surface area contributed by atoms with Crippen LogP contribution in [0.2, 0.25) is 0 Å². The number of unbranched alkanes of at least 4 members (excludes halogenated alkanes) is 1. The van der Waals surface area contributed by atoms with E-state index in [0.717, 1.165) is 18.4 Å². The molecule has 0 aromatic heterocycles. The molecule has 1 N–H and O–H groups in total. The van der Waals surface area contributed by atoms with Gasteiger partial charge in [-0.15, -0.1) is 0 Å². The van der Waals surface area contributed by atoms with Gasteiger partial charge in [0.2, 0.25) is 0 Å². The van der Waals surface area contributed by atoms with Crippen molar-refractivity contribution in [3.63, 3.8) is 0 Å². The molecule has 0 saturated carbocycles. The Kier molecular flexibility index (Phi) is 13.4. The molecule has 1 aromatic rings. The van der Waals surface area contributed by atoms with Gasteiger partial charge in [0.1, 0.15) is 0 Å². The van der Waals surface area contributed by atoms with Crippen molar-refractivity contribution >= 4 is 51.7 Å². The van der Waals surface area contributed by atoms with Crippen LogP contribution in [0, 0.1) is 0 Å². The Bertz CT molecular complexity index is 564. The van der Waals surface area contributed by atoms with Crippen LogP contribution in [-0.4, -0.2) is 55.1 Å². The molecule has 0 aliphatic carbocycles. The van der Waals surface area contributed by atoms with E-state index in [1.165, 1.54) is 18.2 Å². The minimum absolute atomic E-state index is 0. The fourth-order valence-electron chi connectivity index (χ4n) is 1.15. The van der Waals surface area contributed by atoms with Crippen LogP contribution in [0.15, 0.2) is 48.4 Å². The molecule has 0 saturated heterocycles. The van der Waals surface area contributed by atoms with Crippen molar-refractivity contribution in [3.8, 4) is 0 Å². The Labute approximate surface area is 154 Å². The first-order chi connectivity index (χ1) is 9.85. The van der Waals surface area contributed by atoms with Crippen LogP contribution in [-0.2, 0) is 19.6 Å². The first-order valence-electron chi connectivity index (χ1n) is 6.34. The van der Waals surface area contributed by atoms with Gasteiger partial charge in [-0.3, -0.25) is 4.55 Å². The molecule has 7 heteroatoms. The monoisotopic (exact) mass is 336 g/mol. The first-order valence-corrected chi connectivity index (χ1v) is 7.78. The summed E-state index contributed by atoms with van der Waals surface area (Å²) in [6, 6.07) is 5.78. The van der Waals surface area contributed by atoms with Crippen molar-refractivity contribution in [1.29, 1.82) is 0 Å². The Morgan fingerprint density at radius 3 is 2.18 bits per heavy atom. The Hall–Kier alpha value is -0.920. The van der Waals surface area contributed by atoms with Crippen LogP contribution in [0.4, 0.5) is 0 Å². The number of ether oxygens (including phenoxy) is 1. The summed E-state index contributed by atoms with van der Waals surface area (Å²) < 4.78 is 34.4. The predicted molar refractivity (Wildman–Crippen MR) is 89.6 cm³/mol. The Morgan fingerprint density at radius 1 is 1.27 bits per heavy atom. The molecule has 1 rings (SSSR count). The average molecular weight is 336 g/mol. The summed E-state index contributed by atoms with van der Waals surface area (Å²) in [6.07, 6.45) is 4.74. The molecule has 0 heterocycles. The summed E-state index contributed by atoms with van der Waals surface area (Å²) in [7, 11) is -4.06. The molecule has 118 valence electrons. The van der Waals surface area contributed by atoms with Gasteiger partial charge < -0.3 is 4.74 Å². The molecule has 5 nitrogen and oxygen atoms in total. The van der Waals surface area contributed by atoms with E-state index in [-0.39, 0.29) is 40.4 Å². The molecule has 0 fully saturated rings. The van der Waals surface area contributed by atoms with Crippen molar-refractivity contribution in [2.75, 3.05) is 6.61 Å². The molecule has 0 radical (unpaired) electrons. The fraction of sp³-hybridized carbons (Fsp3) is 0.267. The number of esters is 1. The number of hydrogen-bond acceptors (Lipinski definition) is 4. The fourth-order valence-corrected chi connectivity index (χ4v) is 1.63. The third-order valence-corrected chi connectivity index (χ3v) is 3.19. The quantitative estimate of drug-likeness (QED) is 0.284. The van der Waals surface area contributed by atoms with E-state index in [4.69, 9.17) is 4.55 Å². The SMILES string of the molecule is C=CC(=O)OCCCC.C=Cc1ccc(S(=O)(=O)O)cc1.[NaH]. The normalized spacial score (nSPS) is 9.55. The van der Waals surface area contributed by atoms with Crippen LogP contribution in [0.3, 0.4) is 0 Å². The number of rotatable bonds is 6. The summed E-state index contributed by atoms with van der Waals surface area (Å²) in [6.45, 7) is 9.33. The van der Waals surface area contributed by atoms with Crippen LogP contribution >= 0.6 is 0 Å². The molecule has 0 aliphatic rings. The van der Waals surface area contributed by atoms with E-state index in [2.05, 4.69) is 17.9 Å². The second-order valence-corrected chi connectivity index (χ2v) is 5.39. The maximum atomic E-state index is 10.6. The van der Waals surface area contributed by atoms with E-state index in [1.54, 1.807) is 18.2 Å². The van der Waals surface area contributed by atoms with Gasteiger partial charge in [0.15, 0.2) is 0 Å². The minimum atomic E-state index is -4.06. The third-order valence-electron chi connectivity index (χ3n) is 2.32. The van der Waals surface area contributed by atoms with Crippen LogP contribution in [0.5, 0.6) is 0 Å². The molecule has 0 unspecified atom stereocenters. The van der Waals surface area contributed by atoms with Gasteiger partial charge in [0.25, 0.3) is 10.1 Å². The van der Waals surface area contributed by atoms with Gasteiger partial charge in [-0.2, -0.15) is 8.42 Å². The van der Waals surface area contributed by atoms with Crippen LogP contribution in [0.1, 0.15) is 25.3 Å². The number of benzene rings is 1. The topological polar surface area (TPSA) is 80.7 Å². The summed E-state index contributed by atoms with van der Waals surface area (Å²) in [5.74, 6) is -0.330. The van der Waals surface area contributed by atoms with Crippen molar-refractivity contribution in [2.24, 2.45) is 0 Å². The zero-order valence-corrected chi connectivity index (χ0v) is 12.8. The van der Waals surface area contributed by atoms with E-state index in [0.29, 0.717) is 6.61 Å². The molecular formula is C15H21NaO5S. The molecule has 1 aromatic carbocycles. The van der Waals surface area contributed by atoms with Gasteiger partial charge in [-0.25, -0.2) is 4.79 Å². The number of hydrogen-bond donors (Lipinski definition) is 1. The standard InChI is InChI=1S/C8H8O3S.C7H12O2.Na.H/c1-2-7-3-5-8(6-4-7)12(9,10)11;1-3-5-6-9-7(8)4-2;;/h2-6H,1H2,(H,9,10,11);4H,2-3,5-6H2,1H3;;. The summed E-state index contributed by atoms with van der Waals surface area (Å²) in [5.41, 5.74) is 0.808. The predicted octanol–water partition coefficient (Wildman–Crippen LogP) is 2.44. The van der Waals surface area contributed by atoms with Crippen molar-refractivity contribution in [3.05, 3.63) is 49.1 Å². The van der Waals surface area contributed by atoms with Gasteiger partial charge >= 0.3 is 35.5 Å². The van der Waals surface area contributed by atoms with E-state index in [9.17, 15) is 13.2 Å². The molecule has 0 atom stereocenters. The van der Waals surface area contributed by atoms with Crippen molar-refractivity contribution < 1.29 is 22.5 Å². The van der Waals surface area contributed by atoms with Crippen molar-refractivity contribution in [1.82, 2.24) is 0 Å². The summed E-state index contributed by atoms with van der Waals surface area (Å²) in [4.78, 5) is 10.2.